The van der Waals surface area contributed by atoms with Gasteiger partial charge in [0, 0.05) is 12.3 Å². The lowest BCUT2D eigenvalue weighted by Gasteiger charge is -2.27. The minimum Gasteiger partial charge on any atom is -0.314 e. The normalized spacial score (nSPS) is 16.3. The quantitative estimate of drug-likeness (QED) is 0.709. The Kier molecular flexibility index (Phi) is 8.21. The maximum Gasteiger partial charge on any atom is 0.147 e. The number of sulfone groups is 1. The van der Waals surface area contributed by atoms with E-state index in [1.807, 2.05) is 0 Å². The van der Waals surface area contributed by atoms with Crippen molar-refractivity contribution >= 4 is 9.84 Å². The van der Waals surface area contributed by atoms with Gasteiger partial charge in [-0.2, -0.15) is 0 Å². The van der Waals surface area contributed by atoms with Crippen LogP contribution in [0.2, 0.25) is 0 Å². The monoisotopic (exact) mass is 291 g/mol. The first-order chi connectivity index (χ1) is 8.53. The first kappa shape index (κ1) is 18.9. The molecule has 0 amide bonds. The fourth-order valence-electron chi connectivity index (χ4n) is 2.62. The molecular weight excluding hydrogens is 258 g/mol. The van der Waals surface area contributed by atoms with Crippen LogP contribution in [0, 0.1) is 11.3 Å². The molecule has 0 bridgehead atoms. The molecule has 3 nitrogen and oxygen atoms in total. The summed E-state index contributed by atoms with van der Waals surface area (Å²) in [6, 6.07) is 0.326. The zero-order valence-electron chi connectivity index (χ0n) is 13.6. The lowest BCUT2D eigenvalue weighted by Crippen LogP contribution is -2.33. The SMILES string of the molecule is CCCNC(CCS(C)(=O)=O)CC(C)CC(C)(C)C. The van der Waals surface area contributed by atoms with Gasteiger partial charge in [0.05, 0.1) is 5.75 Å². The van der Waals surface area contributed by atoms with E-state index in [-0.39, 0.29) is 5.75 Å². The van der Waals surface area contributed by atoms with E-state index in [1.54, 1.807) is 0 Å². The first-order valence-corrected chi connectivity index (χ1v) is 9.50. The van der Waals surface area contributed by atoms with Gasteiger partial charge in [0.15, 0.2) is 0 Å². The molecule has 0 spiro atoms. The molecule has 0 radical (unpaired) electrons. The van der Waals surface area contributed by atoms with E-state index in [1.165, 1.54) is 12.7 Å². The van der Waals surface area contributed by atoms with Crippen LogP contribution >= 0.6 is 0 Å². The summed E-state index contributed by atoms with van der Waals surface area (Å²) in [7, 11) is -2.86. The van der Waals surface area contributed by atoms with Crippen molar-refractivity contribution in [1.82, 2.24) is 5.32 Å². The predicted octanol–water partition coefficient (Wildman–Crippen LogP) is 3.25. The van der Waals surface area contributed by atoms with Gasteiger partial charge in [0.1, 0.15) is 9.84 Å². The van der Waals surface area contributed by atoms with E-state index in [9.17, 15) is 8.42 Å². The van der Waals surface area contributed by atoms with Gasteiger partial charge in [-0.1, -0.05) is 34.6 Å². The molecule has 0 aromatic heterocycles. The second-order valence-corrected chi connectivity index (χ2v) is 9.44. The topological polar surface area (TPSA) is 46.2 Å². The number of rotatable bonds is 9. The standard InChI is InChI=1S/C15H33NO2S/c1-7-9-16-14(8-10-19(6,17)18)11-13(2)12-15(3,4)5/h13-14,16H,7-12H2,1-6H3. The van der Waals surface area contributed by atoms with Crippen molar-refractivity contribution in [3.05, 3.63) is 0 Å². The highest BCUT2D eigenvalue weighted by Crippen LogP contribution is 2.27. The fraction of sp³-hybridized carbons (Fsp3) is 1.00. The van der Waals surface area contributed by atoms with Crippen LogP contribution in [-0.4, -0.2) is 33.0 Å². The average Bonchev–Trinajstić information content (AvgIpc) is 2.18. The van der Waals surface area contributed by atoms with E-state index >= 15 is 0 Å². The fourth-order valence-corrected chi connectivity index (χ4v) is 3.34. The van der Waals surface area contributed by atoms with E-state index in [0.29, 0.717) is 17.4 Å². The van der Waals surface area contributed by atoms with Crippen LogP contribution in [0.3, 0.4) is 0 Å². The summed E-state index contributed by atoms with van der Waals surface area (Å²) in [6.07, 6.45) is 5.38. The van der Waals surface area contributed by atoms with Crippen LogP contribution in [0.4, 0.5) is 0 Å². The Hall–Kier alpha value is -0.0900. The lowest BCUT2D eigenvalue weighted by atomic mass is 9.82. The molecule has 0 fully saturated rings. The Labute approximate surface area is 120 Å². The van der Waals surface area contributed by atoms with Crippen molar-refractivity contribution in [1.29, 1.82) is 0 Å². The van der Waals surface area contributed by atoms with E-state index in [2.05, 4.69) is 39.9 Å². The first-order valence-electron chi connectivity index (χ1n) is 7.44. The molecule has 1 N–H and O–H groups in total. The summed E-state index contributed by atoms with van der Waals surface area (Å²) in [5.74, 6) is 0.908. The van der Waals surface area contributed by atoms with Crippen molar-refractivity contribution in [2.75, 3.05) is 18.6 Å². The number of nitrogens with one attached hydrogen (secondary N) is 1. The van der Waals surface area contributed by atoms with E-state index in [0.717, 1.165) is 25.8 Å². The second kappa shape index (κ2) is 8.25. The predicted molar refractivity (Wildman–Crippen MR) is 84.3 cm³/mol. The Morgan fingerprint density at radius 2 is 1.79 bits per heavy atom. The molecule has 0 aliphatic carbocycles. The van der Waals surface area contributed by atoms with Gasteiger partial charge in [0.25, 0.3) is 0 Å². The van der Waals surface area contributed by atoms with E-state index in [4.69, 9.17) is 0 Å². The molecule has 0 saturated carbocycles. The van der Waals surface area contributed by atoms with Gasteiger partial charge in [-0.3, -0.25) is 0 Å². The molecule has 4 heteroatoms. The molecule has 116 valence electrons. The molecule has 0 aliphatic heterocycles. The van der Waals surface area contributed by atoms with Crippen molar-refractivity contribution in [2.24, 2.45) is 11.3 Å². The van der Waals surface area contributed by atoms with Crippen LogP contribution in [0.5, 0.6) is 0 Å². The van der Waals surface area contributed by atoms with Crippen LogP contribution in [-0.2, 0) is 9.84 Å². The zero-order valence-corrected chi connectivity index (χ0v) is 14.4. The van der Waals surface area contributed by atoms with Crippen LogP contribution < -0.4 is 5.32 Å². The third kappa shape index (κ3) is 12.7. The molecule has 19 heavy (non-hydrogen) atoms. The molecular formula is C15H33NO2S. The highest BCUT2D eigenvalue weighted by atomic mass is 32.2. The van der Waals surface area contributed by atoms with Gasteiger partial charge < -0.3 is 5.32 Å². The summed E-state index contributed by atoms with van der Waals surface area (Å²) < 4.78 is 22.6. The lowest BCUT2D eigenvalue weighted by molar-refractivity contribution is 0.273. The summed E-state index contributed by atoms with van der Waals surface area (Å²) in [5, 5.41) is 3.49. The van der Waals surface area contributed by atoms with Crippen LogP contribution in [0.15, 0.2) is 0 Å². The van der Waals surface area contributed by atoms with Crippen molar-refractivity contribution < 1.29 is 8.42 Å². The third-order valence-corrected chi connectivity index (χ3v) is 4.15. The zero-order chi connectivity index (χ0) is 15.1. The average molecular weight is 292 g/mol. The Morgan fingerprint density at radius 1 is 1.21 bits per heavy atom. The molecule has 0 heterocycles. The minimum atomic E-state index is -2.86. The Morgan fingerprint density at radius 3 is 2.21 bits per heavy atom. The Bertz CT molecular complexity index is 331. The second-order valence-electron chi connectivity index (χ2n) is 7.18. The molecule has 0 aliphatic rings. The number of hydrogen-bond donors (Lipinski definition) is 1. The van der Waals surface area contributed by atoms with Crippen molar-refractivity contribution in [3.8, 4) is 0 Å². The van der Waals surface area contributed by atoms with Crippen molar-refractivity contribution in [3.63, 3.8) is 0 Å². The molecule has 2 unspecified atom stereocenters. The third-order valence-electron chi connectivity index (χ3n) is 3.17. The summed E-state index contributed by atoms with van der Waals surface area (Å²) >= 11 is 0. The molecule has 0 rings (SSSR count). The number of hydrogen-bond acceptors (Lipinski definition) is 3. The van der Waals surface area contributed by atoms with Crippen molar-refractivity contribution in [2.45, 2.75) is 66.3 Å². The van der Waals surface area contributed by atoms with Crippen LogP contribution in [0.25, 0.3) is 0 Å². The van der Waals surface area contributed by atoms with Gasteiger partial charge >= 0.3 is 0 Å². The van der Waals surface area contributed by atoms with Gasteiger partial charge in [0.2, 0.25) is 0 Å². The molecule has 0 aromatic carbocycles. The molecule has 0 aromatic rings. The largest absolute Gasteiger partial charge is 0.314 e. The highest BCUT2D eigenvalue weighted by Gasteiger charge is 2.19. The Balaban J connectivity index is 4.33. The van der Waals surface area contributed by atoms with Gasteiger partial charge in [-0.15, -0.1) is 0 Å². The minimum absolute atomic E-state index is 0.288. The van der Waals surface area contributed by atoms with Crippen LogP contribution in [0.1, 0.15) is 60.3 Å². The van der Waals surface area contributed by atoms with Gasteiger partial charge in [-0.25, -0.2) is 8.42 Å². The molecule has 0 saturated heterocycles. The van der Waals surface area contributed by atoms with Gasteiger partial charge in [-0.05, 0) is 43.6 Å². The maximum atomic E-state index is 11.3. The van der Waals surface area contributed by atoms with E-state index < -0.39 is 9.84 Å². The summed E-state index contributed by atoms with van der Waals surface area (Å²) in [5.41, 5.74) is 0.339. The summed E-state index contributed by atoms with van der Waals surface area (Å²) in [4.78, 5) is 0. The molecule has 2 atom stereocenters. The highest BCUT2D eigenvalue weighted by molar-refractivity contribution is 7.90. The smallest absolute Gasteiger partial charge is 0.147 e. The maximum absolute atomic E-state index is 11.3. The summed E-state index contributed by atoms with van der Waals surface area (Å²) in [6.45, 7) is 12.2.